The van der Waals surface area contributed by atoms with E-state index in [4.69, 9.17) is 35.5 Å². The molecule has 0 radical (unpaired) electrons. The zero-order valence-corrected chi connectivity index (χ0v) is 37.8. The molecule has 7 N–H and O–H groups in total. The molecule has 21 heteroatoms. The fourth-order valence-corrected chi connectivity index (χ4v) is 8.59. The maximum atomic E-state index is 13.1. The summed E-state index contributed by atoms with van der Waals surface area (Å²) in [6.07, 6.45) is -2.22. The Bertz CT molecular complexity index is 3150. The van der Waals surface area contributed by atoms with Crippen LogP contribution in [0.4, 0.5) is 55.0 Å². The van der Waals surface area contributed by atoms with Gasteiger partial charge in [-0.3, -0.25) is 19.4 Å². The monoisotopic (exact) mass is 995 g/mol. The number of nitrogens with one attached hydrogen (secondary N) is 2. The van der Waals surface area contributed by atoms with Crippen molar-refractivity contribution < 1.29 is 64.8 Å². The van der Waals surface area contributed by atoms with E-state index in [9.17, 15) is 40.7 Å². The third-order valence-electron chi connectivity index (χ3n) is 12.4. The Morgan fingerprint density at radius 1 is 0.639 bits per heavy atom. The predicted octanol–water partition coefficient (Wildman–Crippen LogP) is 9.92. The van der Waals surface area contributed by atoms with Crippen molar-refractivity contribution in [2.75, 3.05) is 35.3 Å². The number of rotatable bonds is 6. The summed E-state index contributed by atoms with van der Waals surface area (Å²) in [6, 6.07) is 21.1. The molecule has 0 aliphatic carbocycles. The van der Waals surface area contributed by atoms with Crippen LogP contribution in [0.3, 0.4) is 0 Å². The lowest BCUT2D eigenvalue weighted by Gasteiger charge is -2.26. The minimum atomic E-state index is -4.37. The number of nitrogens with two attached hydrogens (primary N) is 2. The zero-order valence-electron chi connectivity index (χ0n) is 37.8. The number of amides is 2. The Labute approximate surface area is 406 Å². The molecule has 4 aromatic carbocycles. The Balaban J connectivity index is 0.000000150. The fraction of sp³-hybridized carbons (Fsp3) is 0.255. The molecule has 2 atom stereocenters. The lowest BCUT2D eigenvalue weighted by molar-refractivity contribution is -0.143. The first kappa shape index (κ1) is 48.7. The summed E-state index contributed by atoms with van der Waals surface area (Å²) in [7, 11) is 0. The predicted molar refractivity (Wildman–Crippen MR) is 251 cm³/mol. The number of carboxylic acids is 1. The van der Waals surface area contributed by atoms with Gasteiger partial charge in [-0.25, -0.2) is 9.97 Å². The number of halogens is 6. The first-order valence-corrected chi connectivity index (χ1v) is 22.5. The van der Waals surface area contributed by atoms with Crippen molar-refractivity contribution >= 4 is 52.2 Å². The van der Waals surface area contributed by atoms with E-state index in [1.165, 1.54) is 12.1 Å². The summed E-state index contributed by atoms with van der Waals surface area (Å²) in [5.41, 5.74) is 14.6. The molecular weight excluding hydrogens is 953 g/mol. The molecule has 0 saturated heterocycles. The molecule has 5 aliphatic heterocycles. The minimum Gasteiger partial charge on any atom is -0.493 e. The Kier molecular flexibility index (Phi) is 13.4. The Morgan fingerprint density at radius 2 is 1.18 bits per heavy atom. The molecular formula is C51H43F6N7O8. The third kappa shape index (κ3) is 11.0. The van der Waals surface area contributed by atoms with Gasteiger partial charge in [-0.05, 0) is 127 Å². The molecule has 2 amide bonds. The second-order valence-corrected chi connectivity index (χ2v) is 17.3. The summed E-state index contributed by atoms with van der Waals surface area (Å²) in [6.45, 7) is 0.601. The van der Waals surface area contributed by atoms with E-state index < -0.39 is 35.4 Å². The number of hydrogen-bond acceptors (Lipinski definition) is 12. The SMILES string of the molecule is Nc1ccc(C(F)(F)F)cc1N.O=C1CCc2c(Oc3ccc4c(c3)CC(C(=O)O)CO4)ccnc2N1.O=C1CCc2c(Oc3ccc4c(c3)CC(C3=Nc5ccc(C(F)(F)F)cc5C3)CO4)ccnc2N1. The normalized spacial score (nSPS) is 17.3. The molecule has 15 nitrogen and oxygen atoms in total. The van der Waals surface area contributed by atoms with Crippen molar-refractivity contribution in [1.29, 1.82) is 0 Å². The van der Waals surface area contributed by atoms with Crippen molar-refractivity contribution in [3.8, 4) is 34.5 Å². The number of fused-ring (bicyclic) bond motifs is 5. The zero-order chi connectivity index (χ0) is 50.9. The van der Waals surface area contributed by atoms with Crippen LogP contribution in [0.5, 0.6) is 34.5 Å². The molecule has 0 fully saturated rings. The summed E-state index contributed by atoms with van der Waals surface area (Å²) in [4.78, 5) is 47.3. The number of alkyl halides is 6. The maximum absolute atomic E-state index is 13.1. The fourth-order valence-electron chi connectivity index (χ4n) is 8.59. The number of nitrogens with zero attached hydrogens (tertiary/aromatic N) is 3. The quantitative estimate of drug-likeness (QED) is 0.0777. The highest BCUT2D eigenvalue weighted by atomic mass is 19.4. The highest BCUT2D eigenvalue weighted by Gasteiger charge is 2.34. The number of carbonyl (C=O) groups is 3. The van der Waals surface area contributed by atoms with Crippen LogP contribution >= 0.6 is 0 Å². The number of benzene rings is 4. The average molecular weight is 996 g/mol. The third-order valence-corrected chi connectivity index (χ3v) is 12.4. The van der Waals surface area contributed by atoms with E-state index in [-0.39, 0.29) is 35.7 Å². The molecule has 0 spiro atoms. The van der Waals surface area contributed by atoms with Crippen LogP contribution in [0.1, 0.15) is 51.8 Å². The smallest absolute Gasteiger partial charge is 0.416 e. The first-order chi connectivity index (χ1) is 34.3. The van der Waals surface area contributed by atoms with Crippen LogP contribution in [0.15, 0.2) is 102 Å². The molecule has 6 aromatic rings. The van der Waals surface area contributed by atoms with Crippen molar-refractivity contribution in [2.45, 2.75) is 57.3 Å². The summed E-state index contributed by atoms with van der Waals surface area (Å²) in [5.74, 6) is 3.43. The van der Waals surface area contributed by atoms with Gasteiger partial charge in [0.2, 0.25) is 11.8 Å². The van der Waals surface area contributed by atoms with Crippen LogP contribution in [0.2, 0.25) is 0 Å². The number of pyridine rings is 2. The second-order valence-electron chi connectivity index (χ2n) is 17.3. The Morgan fingerprint density at radius 3 is 1.74 bits per heavy atom. The maximum Gasteiger partial charge on any atom is 0.416 e. The molecule has 0 saturated carbocycles. The second kappa shape index (κ2) is 19.8. The van der Waals surface area contributed by atoms with Gasteiger partial charge in [-0.1, -0.05) is 0 Å². The highest BCUT2D eigenvalue weighted by molar-refractivity contribution is 5.96. The van der Waals surface area contributed by atoms with Gasteiger partial charge in [0.1, 0.15) is 52.7 Å². The number of carboxylic acid groups (broad SMARTS) is 1. The topological polar surface area (TPSA) is 223 Å². The summed E-state index contributed by atoms with van der Waals surface area (Å²) < 4.78 is 98.9. The molecule has 11 rings (SSSR count). The van der Waals surface area contributed by atoms with Crippen LogP contribution in [0.25, 0.3) is 0 Å². The molecule has 72 heavy (non-hydrogen) atoms. The number of hydrogen-bond donors (Lipinski definition) is 5. The van der Waals surface area contributed by atoms with E-state index in [0.717, 1.165) is 58.0 Å². The molecule has 2 aromatic heterocycles. The van der Waals surface area contributed by atoms with Crippen molar-refractivity contribution in [2.24, 2.45) is 16.8 Å². The highest BCUT2D eigenvalue weighted by Crippen LogP contribution is 2.41. The lowest BCUT2D eigenvalue weighted by Crippen LogP contribution is -2.28. The van der Waals surface area contributed by atoms with E-state index in [0.29, 0.717) is 103 Å². The van der Waals surface area contributed by atoms with E-state index >= 15 is 0 Å². The summed E-state index contributed by atoms with van der Waals surface area (Å²) in [5, 5.41) is 14.7. The van der Waals surface area contributed by atoms with Gasteiger partial charge in [-0.2, -0.15) is 26.3 Å². The molecule has 5 aliphatic rings. The van der Waals surface area contributed by atoms with Gasteiger partial charge < -0.3 is 46.2 Å². The van der Waals surface area contributed by atoms with E-state index in [2.05, 4.69) is 25.6 Å². The number of carbonyl (C=O) groups excluding carboxylic acids is 2. The van der Waals surface area contributed by atoms with E-state index in [1.54, 1.807) is 42.7 Å². The largest absolute Gasteiger partial charge is 0.493 e. The number of aromatic nitrogens is 2. The van der Waals surface area contributed by atoms with Crippen molar-refractivity contribution in [3.05, 3.63) is 136 Å². The van der Waals surface area contributed by atoms with E-state index in [1.807, 2.05) is 18.2 Å². The van der Waals surface area contributed by atoms with Gasteiger partial charge in [0, 0.05) is 54.4 Å². The minimum absolute atomic E-state index is 0.0385. The lowest BCUT2D eigenvalue weighted by atomic mass is 9.90. The first-order valence-electron chi connectivity index (χ1n) is 22.5. The van der Waals surface area contributed by atoms with Crippen LogP contribution in [-0.2, 0) is 58.8 Å². The number of aliphatic carboxylic acids is 1. The molecule has 372 valence electrons. The van der Waals surface area contributed by atoms with Crippen LogP contribution < -0.4 is 41.0 Å². The molecule has 2 unspecified atom stereocenters. The standard InChI is InChI=1S/C26H20F3N3O3.C18H16N2O5.C7H7F3N2/c27-26(28,29)17-1-4-20-14(10-17)12-21(31-20)16-9-15-11-18(2-5-22(15)34-13-16)35-23-7-8-30-25-19(23)3-6-24(33)32-25;21-16-4-2-13-15(5-6-19-17(13)20-16)25-12-1-3-14-10(8-12)7-11(9-24-14)18(22)23;8-7(9,10)4-1-2-5(11)6(12)3-4/h1-2,4-5,7-8,10-11,16H,3,6,9,12-13H2,(H,30,32,33);1,3,5-6,8,11H,2,4,7,9H2,(H,22,23)(H,19,20,21);1-3H,11-12H2. The number of ether oxygens (including phenoxy) is 4. The van der Waals surface area contributed by atoms with Gasteiger partial charge in [0.15, 0.2) is 0 Å². The number of aliphatic imine (C=N–C) groups is 1. The van der Waals surface area contributed by atoms with Gasteiger partial charge in [0.25, 0.3) is 0 Å². The van der Waals surface area contributed by atoms with Crippen LogP contribution in [-0.4, -0.2) is 51.8 Å². The molecule has 7 heterocycles. The van der Waals surface area contributed by atoms with Crippen molar-refractivity contribution in [3.63, 3.8) is 0 Å². The summed E-state index contributed by atoms with van der Waals surface area (Å²) >= 11 is 0. The molecule has 0 bridgehead atoms. The van der Waals surface area contributed by atoms with Crippen LogP contribution in [0, 0.1) is 11.8 Å². The number of anilines is 4. The average Bonchev–Trinajstić information content (AvgIpc) is 3.78. The van der Waals surface area contributed by atoms with Gasteiger partial charge >= 0.3 is 18.3 Å². The Hall–Kier alpha value is -8.36. The van der Waals surface area contributed by atoms with Gasteiger partial charge in [-0.15, -0.1) is 0 Å². The number of nitrogen functional groups attached to an aromatic ring is 2. The van der Waals surface area contributed by atoms with Crippen molar-refractivity contribution in [1.82, 2.24) is 9.97 Å². The van der Waals surface area contributed by atoms with Gasteiger partial charge in [0.05, 0.1) is 40.7 Å².